The number of nitro benzene ring substituents is 1. The van der Waals surface area contributed by atoms with Gasteiger partial charge in [0.25, 0.3) is 11.5 Å². The van der Waals surface area contributed by atoms with E-state index in [9.17, 15) is 24.1 Å². The van der Waals surface area contributed by atoms with E-state index in [0.29, 0.717) is 0 Å². The average molecular weight is 402 g/mol. The van der Waals surface area contributed by atoms with Crippen LogP contribution in [-0.4, -0.2) is 22.6 Å². The monoisotopic (exact) mass is 402 g/mol. The molecule has 0 unspecified atom stereocenters. The maximum Gasteiger partial charge on any atom is 0.350 e. The fourth-order valence-corrected chi connectivity index (χ4v) is 2.40. The first kappa shape index (κ1) is 19.8. The lowest BCUT2D eigenvalue weighted by Gasteiger charge is -2.29. The molecule has 1 aliphatic heterocycles. The summed E-state index contributed by atoms with van der Waals surface area (Å²) in [5.74, 6) is -3.29. The zero-order valence-electron chi connectivity index (χ0n) is 15.3. The van der Waals surface area contributed by atoms with Crippen LogP contribution in [0.1, 0.15) is 13.8 Å². The Bertz CT molecular complexity index is 994. The van der Waals surface area contributed by atoms with Crippen LogP contribution in [0.15, 0.2) is 54.2 Å². The van der Waals surface area contributed by atoms with E-state index in [1.54, 1.807) is 0 Å². The number of carbonyl (C=O) groups excluding carboxylic acids is 2. The van der Waals surface area contributed by atoms with E-state index < -0.39 is 34.0 Å². The summed E-state index contributed by atoms with van der Waals surface area (Å²) in [6.07, 6.45) is 1.03. The number of halogens is 1. The number of hydrogen-bond acceptors (Lipinski definition) is 8. The van der Waals surface area contributed by atoms with E-state index in [1.807, 2.05) is 0 Å². The number of nitro groups is 1. The molecule has 9 nitrogen and oxygen atoms in total. The van der Waals surface area contributed by atoms with E-state index in [1.165, 1.54) is 56.3 Å². The van der Waals surface area contributed by atoms with Gasteiger partial charge in [0.2, 0.25) is 0 Å². The van der Waals surface area contributed by atoms with Crippen LogP contribution < -0.4 is 10.1 Å². The van der Waals surface area contributed by atoms with Gasteiger partial charge in [-0.2, -0.15) is 0 Å². The molecule has 2 aromatic rings. The van der Waals surface area contributed by atoms with Gasteiger partial charge in [0, 0.05) is 37.9 Å². The number of non-ortho nitro benzene ring substituents is 1. The predicted octanol–water partition coefficient (Wildman–Crippen LogP) is 3.66. The molecule has 150 valence electrons. The molecule has 0 bridgehead atoms. The number of rotatable bonds is 5. The summed E-state index contributed by atoms with van der Waals surface area (Å²) in [7, 11) is 0. The van der Waals surface area contributed by atoms with E-state index in [2.05, 4.69) is 5.32 Å². The number of cyclic esters (lactones) is 2. The Morgan fingerprint density at radius 3 is 2.28 bits per heavy atom. The van der Waals surface area contributed by atoms with E-state index in [0.717, 1.165) is 6.20 Å². The van der Waals surface area contributed by atoms with Crippen LogP contribution in [-0.2, 0) is 19.1 Å². The molecule has 1 aliphatic rings. The molecule has 2 aromatic carbocycles. The van der Waals surface area contributed by atoms with Gasteiger partial charge in [-0.05, 0) is 24.3 Å². The van der Waals surface area contributed by atoms with Crippen molar-refractivity contribution in [2.75, 3.05) is 5.32 Å². The molecule has 3 rings (SSSR count). The van der Waals surface area contributed by atoms with Crippen molar-refractivity contribution in [3.63, 3.8) is 0 Å². The van der Waals surface area contributed by atoms with Gasteiger partial charge in [0.15, 0.2) is 5.57 Å². The standard InChI is InChI=1S/C19H15FN2O7/c1-19(2)28-17(23)16(18(24)29-19)10-21-12-7-13(22(25)26)9-15(8-12)27-14-5-3-11(20)4-6-14/h3-10,21H,1-2H3. The van der Waals surface area contributed by atoms with Crippen LogP contribution in [0.2, 0.25) is 0 Å². The Morgan fingerprint density at radius 1 is 1.07 bits per heavy atom. The second-order valence-corrected chi connectivity index (χ2v) is 6.41. The number of nitrogens with zero attached hydrogens (tertiary/aromatic N) is 1. The number of ether oxygens (including phenoxy) is 3. The Balaban J connectivity index is 1.86. The Morgan fingerprint density at radius 2 is 1.69 bits per heavy atom. The van der Waals surface area contributed by atoms with Crippen molar-refractivity contribution in [3.05, 3.63) is 70.2 Å². The molecule has 29 heavy (non-hydrogen) atoms. The van der Waals surface area contributed by atoms with Gasteiger partial charge in [-0.25, -0.2) is 14.0 Å². The van der Waals surface area contributed by atoms with Gasteiger partial charge >= 0.3 is 11.9 Å². The molecule has 0 aromatic heterocycles. The summed E-state index contributed by atoms with van der Waals surface area (Å²) in [5.41, 5.74) is -0.550. The molecule has 1 fully saturated rings. The largest absolute Gasteiger partial charge is 0.457 e. The number of carbonyl (C=O) groups is 2. The van der Waals surface area contributed by atoms with Gasteiger partial charge in [0.1, 0.15) is 17.3 Å². The molecule has 0 radical (unpaired) electrons. The molecule has 0 atom stereocenters. The summed E-state index contributed by atoms with van der Waals surface area (Å²) in [4.78, 5) is 34.5. The van der Waals surface area contributed by atoms with Gasteiger partial charge in [-0.3, -0.25) is 10.1 Å². The highest BCUT2D eigenvalue weighted by Gasteiger charge is 2.38. The number of benzene rings is 2. The molecular weight excluding hydrogens is 387 g/mol. The average Bonchev–Trinajstić information content (AvgIpc) is 2.62. The summed E-state index contributed by atoms with van der Waals surface area (Å²) in [6, 6.07) is 8.83. The molecule has 1 N–H and O–H groups in total. The third-order valence-corrected chi connectivity index (χ3v) is 3.65. The number of hydrogen-bond donors (Lipinski definition) is 1. The smallest absolute Gasteiger partial charge is 0.350 e. The lowest BCUT2D eigenvalue weighted by Crippen LogP contribution is -2.42. The van der Waals surface area contributed by atoms with Crippen LogP contribution >= 0.6 is 0 Å². The van der Waals surface area contributed by atoms with Crippen molar-refractivity contribution in [1.29, 1.82) is 0 Å². The normalized spacial score (nSPS) is 15.2. The number of esters is 2. The van der Waals surface area contributed by atoms with E-state index in [4.69, 9.17) is 14.2 Å². The number of nitrogens with one attached hydrogen (secondary N) is 1. The minimum Gasteiger partial charge on any atom is -0.457 e. The van der Waals surface area contributed by atoms with Crippen molar-refractivity contribution >= 4 is 23.3 Å². The maximum atomic E-state index is 13.0. The summed E-state index contributed by atoms with van der Waals surface area (Å²) < 4.78 is 28.5. The predicted molar refractivity (Wildman–Crippen MR) is 97.5 cm³/mol. The van der Waals surface area contributed by atoms with Crippen molar-refractivity contribution in [2.24, 2.45) is 0 Å². The molecule has 0 aliphatic carbocycles. The SMILES string of the molecule is CC1(C)OC(=O)C(=CNc2cc(Oc3ccc(F)cc3)cc([N+](=O)[O-])c2)C(=O)O1. The lowest BCUT2D eigenvalue weighted by molar-refractivity contribution is -0.384. The minimum atomic E-state index is -1.38. The molecule has 0 spiro atoms. The quantitative estimate of drug-likeness (QED) is 0.265. The second-order valence-electron chi connectivity index (χ2n) is 6.41. The molecule has 0 amide bonds. The molecule has 0 saturated carbocycles. The molecule has 1 saturated heterocycles. The highest BCUT2D eigenvalue weighted by molar-refractivity contribution is 6.15. The first-order valence-electron chi connectivity index (χ1n) is 8.29. The van der Waals surface area contributed by atoms with Gasteiger partial charge in [-0.15, -0.1) is 0 Å². The van der Waals surface area contributed by atoms with Gasteiger partial charge < -0.3 is 19.5 Å². The zero-order chi connectivity index (χ0) is 21.2. The van der Waals surface area contributed by atoms with Crippen LogP contribution in [0.4, 0.5) is 15.8 Å². The highest BCUT2D eigenvalue weighted by atomic mass is 19.1. The van der Waals surface area contributed by atoms with Crippen molar-refractivity contribution in [3.8, 4) is 11.5 Å². The summed E-state index contributed by atoms with van der Waals surface area (Å²) in [5, 5.41) is 13.8. The first-order valence-corrected chi connectivity index (χ1v) is 8.29. The number of anilines is 1. The van der Waals surface area contributed by atoms with Crippen molar-refractivity contribution < 1.29 is 33.1 Å². The zero-order valence-corrected chi connectivity index (χ0v) is 15.3. The van der Waals surface area contributed by atoms with Crippen molar-refractivity contribution in [1.82, 2.24) is 0 Å². The highest BCUT2D eigenvalue weighted by Crippen LogP contribution is 2.30. The molecule has 1 heterocycles. The Hall–Kier alpha value is -3.95. The maximum absolute atomic E-state index is 13.0. The second kappa shape index (κ2) is 7.58. The van der Waals surface area contributed by atoms with Gasteiger partial charge in [0.05, 0.1) is 11.0 Å². The lowest BCUT2D eigenvalue weighted by atomic mass is 10.2. The summed E-state index contributed by atoms with van der Waals surface area (Å²) >= 11 is 0. The van der Waals surface area contributed by atoms with Crippen LogP contribution in [0.25, 0.3) is 0 Å². The van der Waals surface area contributed by atoms with E-state index >= 15 is 0 Å². The van der Waals surface area contributed by atoms with Crippen LogP contribution in [0, 0.1) is 15.9 Å². The Kier molecular flexibility index (Phi) is 5.18. The fourth-order valence-electron chi connectivity index (χ4n) is 2.40. The Labute approximate surface area is 163 Å². The van der Waals surface area contributed by atoms with Crippen LogP contribution in [0.3, 0.4) is 0 Å². The minimum absolute atomic E-state index is 0.0849. The molecule has 10 heteroatoms. The molecular formula is C19H15FN2O7. The fraction of sp³-hybridized carbons (Fsp3) is 0.158. The van der Waals surface area contributed by atoms with Crippen LogP contribution in [0.5, 0.6) is 11.5 Å². The van der Waals surface area contributed by atoms with Crippen molar-refractivity contribution in [2.45, 2.75) is 19.6 Å². The van der Waals surface area contributed by atoms with Gasteiger partial charge in [-0.1, -0.05) is 0 Å². The van der Waals surface area contributed by atoms with E-state index in [-0.39, 0.29) is 22.9 Å². The first-order chi connectivity index (χ1) is 13.6. The third-order valence-electron chi connectivity index (χ3n) is 3.65. The third kappa shape index (κ3) is 4.86. The topological polar surface area (TPSA) is 117 Å². The summed E-state index contributed by atoms with van der Waals surface area (Å²) in [6.45, 7) is 2.82.